The van der Waals surface area contributed by atoms with Gasteiger partial charge in [0.2, 0.25) is 0 Å². The number of nitrogens with one attached hydrogen (secondary N) is 2. The Morgan fingerprint density at radius 1 is 1.22 bits per heavy atom. The summed E-state index contributed by atoms with van der Waals surface area (Å²) in [6.45, 7) is 9.61. The number of rotatable bonds is 8. The van der Waals surface area contributed by atoms with Gasteiger partial charge in [-0.1, -0.05) is 6.92 Å². The van der Waals surface area contributed by atoms with Crippen molar-refractivity contribution in [3.63, 3.8) is 0 Å². The van der Waals surface area contributed by atoms with Gasteiger partial charge >= 0.3 is 0 Å². The Balaban J connectivity index is 1.87. The van der Waals surface area contributed by atoms with Crippen LogP contribution < -0.4 is 10.6 Å². The molecule has 0 spiro atoms. The van der Waals surface area contributed by atoms with Crippen LogP contribution in [0.4, 0.5) is 0 Å². The number of hydrogen-bond acceptors (Lipinski definition) is 3. The summed E-state index contributed by atoms with van der Waals surface area (Å²) in [6, 6.07) is 4.10. The number of thioether (sulfide) groups is 1. The molecule has 0 amide bonds. The van der Waals surface area contributed by atoms with Gasteiger partial charge in [0.1, 0.15) is 0 Å². The SMILES string of the molecule is CCNC(=NCC1(SCC)CCOCC1)NCCn1cccc1. The number of ether oxygens (including phenoxy) is 1. The Morgan fingerprint density at radius 2 is 1.96 bits per heavy atom. The summed E-state index contributed by atoms with van der Waals surface area (Å²) < 4.78 is 7.95. The summed E-state index contributed by atoms with van der Waals surface area (Å²) >= 11 is 2.03. The highest BCUT2D eigenvalue weighted by Gasteiger charge is 2.32. The van der Waals surface area contributed by atoms with Crippen molar-refractivity contribution in [2.45, 2.75) is 38.0 Å². The van der Waals surface area contributed by atoms with Crippen molar-refractivity contribution < 1.29 is 4.74 Å². The zero-order chi connectivity index (χ0) is 16.4. The molecule has 1 aromatic heterocycles. The van der Waals surface area contributed by atoms with Gasteiger partial charge in [0.25, 0.3) is 0 Å². The van der Waals surface area contributed by atoms with Crippen LogP contribution in [0.25, 0.3) is 0 Å². The standard InChI is InChI=1S/C17H30N4OS/c1-3-18-16(19-9-12-21-10-5-6-11-21)20-15-17(23-4-2)7-13-22-14-8-17/h5-6,10-11H,3-4,7-9,12-15H2,1-2H3,(H2,18,19,20). The van der Waals surface area contributed by atoms with Gasteiger partial charge in [0, 0.05) is 50.0 Å². The molecule has 5 nitrogen and oxygen atoms in total. The molecule has 0 aliphatic carbocycles. The molecule has 0 unspecified atom stereocenters. The molecule has 0 atom stereocenters. The van der Waals surface area contributed by atoms with Crippen LogP contribution >= 0.6 is 11.8 Å². The first kappa shape index (κ1) is 18.2. The van der Waals surface area contributed by atoms with Gasteiger partial charge in [-0.3, -0.25) is 4.99 Å². The first-order chi connectivity index (χ1) is 11.3. The maximum Gasteiger partial charge on any atom is 0.191 e. The van der Waals surface area contributed by atoms with E-state index in [4.69, 9.17) is 9.73 Å². The predicted molar refractivity (Wildman–Crippen MR) is 99.3 cm³/mol. The molecular weight excluding hydrogens is 308 g/mol. The molecular formula is C17H30N4OS. The fourth-order valence-electron chi connectivity index (χ4n) is 2.79. The molecule has 6 heteroatoms. The highest BCUT2D eigenvalue weighted by molar-refractivity contribution is 8.00. The highest BCUT2D eigenvalue weighted by Crippen LogP contribution is 2.35. The van der Waals surface area contributed by atoms with Crippen LogP contribution in [0.5, 0.6) is 0 Å². The summed E-state index contributed by atoms with van der Waals surface area (Å²) in [5.41, 5.74) is 0. The first-order valence-corrected chi connectivity index (χ1v) is 9.61. The van der Waals surface area contributed by atoms with Gasteiger partial charge in [-0.05, 0) is 37.7 Å². The van der Waals surface area contributed by atoms with Crippen LogP contribution in [0, 0.1) is 0 Å². The van der Waals surface area contributed by atoms with Gasteiger partial charge in [-0.15, -0.1) is 0 Å². The molecule has 1 aliphatic heterocycles. The fourth-order valence-corrected chi connectivity index (χ4v) is 4.01. The van der Waals surface area contributed by atoms with Crippen molar-refractivity contribution >= 4 is 17.7 Å². The van der Waals surface area contributed by atoms with E-state index in [9.17, 15) is 0 Å². The maximum atomic E-state index is 5.54. The minimum Gasteiger partial charge on any atom is -0.381 e. The van der Waals surface area contributed by atoms with E-state index in [-0.39, 0.29) is 4.75 Å². The Labute approximate surface area is 144 Å². The van der Waals surface area contributed by atoms with E-state index >= 15 is 0 Å². The van der Waals surface area contributed by atoms with Crippen molar-refractivity contribution in [3.05, 3.63) is 24.5 Å². The maximum absolute atomic E-state index is 5.54. The Hall–Kier alpha value is -1.14. The van der Waals surface area contributed by atoms with Gasteiger partial charge in [0.15, 0.2) is 5.96 Å². The van der Waals surface area contributed by atoms with Crippen molar-refractivity contribution in [1.82, 2.24) is 15.2 Å². The van der Waals surface area contributed by atoms with Crippen LogP contribution in [0.15, 0.2) is 29.5 Å². The van der Waals surface area contributed by atoms with Gasteiger partial charge in [-0.2, -0.15) is 11.8 Å². The quantitative estimate of drug-likeness (QED) is 0.564. The van der Waals surface area contributed by atoms with Crippen LogP contribution in [0.3, 0.4) is 0 Å². The van der Waals surface area contributed by atoms with E-state index in [1.54, 1.807) is 0 Å². The molecule has 2 heterocycles. The molecule has 0 saturated carbocycles. The molecule has 2 rings (SSSR count). The largest absolute Gasteiger partial charge is 0.381 e. The minimum absolute atomic E-state index is 0.246. The second-order valence-electron chi connectivity index (χ2n) is 5.77. The van der Waals surface area contributed by atoms with Crippen LogP contribution in [0.1, 0.15) is 26.7 Å². The van der Waals surface area contributed by atoms with E-state index in [0.29, 0.717) is 0 Å². The smallest absolute Gasteiger partial charge is 0.191 e. The molecule has 1 saturated heterocycles. The summed E-state index contributed by atoms with van der Waals surface area (Å²) in [5.74, 6) is 2.05. The van der Waals surface area contributed by atoms with Crippen molar-refractivity contribution in [3.8, 4) is 0 Å². The molecule has 130 valence electrons. The van der Waals surface area contributed by atoms with E-state index < -0.39 is 0 Å². The van der Waals surface area contributed by atoms with Gasteiger partial charge in [-0.25, -0.2) is 0 Å². The molecule has 1 aliphatic rings. The molecule has 1 fully saturated rings. The lowest BCUT2D eigenvalue weighted by Crippen LogP contribution is -2.42. The summed E-state index contributed by atoms with van der Waals surface area (Å²) in [5, 5.41) is 6.79. The average Bonchev–Trinajstić information content (AvgIpc) is 3.07. The Kier molecular flexibility index (Phi) is 7.82. The number of hydrogen-bond donors (Lipinski definition) is 2. The second-order valence-corrected chi connectivity index (χ2v) is 7.50. The van der Waals surface area contributed by atoms with E-state index in [2.05, 4.69) is 53.6 Å². The van der Waals surface area contributed by atoms with E-state index in [1.807, 2.05) is 11.8 Å². The summed E-state index contributed by atoms with van der Waals surface area (Å²) in [7, 11) is 0. The first-order valence-electron chi connectivity index (χ1n) is 8.62. The third kappa shape index (κ3) is 6.11. The van der Waals surface area contributed by atoms with Crippen LogP contribution in [-0.2, 0) is 11.3 Å². The number of aromatic nitrogens is 1. The number of guanidine groups is 1. The molecule has 0 radical (unpaired) electrons. The fraction of sp³-hybridized carbons (Fsp3) is 0.706. The number of nitrogens with zero attached hydrogens (tertiary/aromatic N) is 2. The summed E-state index contributed by atoms with van der Waals surface area (Å²) in [6.07, 6.45) is 6.36. The Morgan fingerprint density at radius 3 is 2.61 bits per heavy atom. The Bertz CT molecular complexity index is 450. The van der Waals surface area contributed by atoms with Gasteiger partial charge in [0.05, 0.1) is 6.54 Å². The van der Waals surface area contributed by atoms with Crippen molar-refractivity contribution in [1.29, 1.82) is 0 Å². The predicted octanol–water partition coefficient (Wildman–Crippen LogP) is 2.35. The van der Waals surface area contributed by atoms with Gasteiger partial charge < -0.3 is 19.9 Å². The summed E-state index contributed by atoms with van der Waals surface area (Å²) in [4.78, 5) is 4.86. The zero-order valence-corrected chi connectivity index (χ0v) is 15.2. The molecule has 1 aromatic rings. The lowest BCUT2D eigenvalue weighted by atomic mass is 9.99. The monoisotopic (exact) mass is 338 g/mol. The van der Waals surface area contributed by atoms with Crippen LogP contribution in [0.2, 0.25) is 0 Å². The minimum atomic E-state index is 0.246. The molecule has 0 bridgehead atoms. The van der Waals surface area contributed by atoms with Crippen molar-refractivity contribution in [2.24, 2.45) is 4.99 Å². The zero-order valence-electron chi connectivity index (χ0n) is 14.4. The lowest BCUT2D eigenvalue weighted by Gasteiger charge is -2.35. The topological polar surface area (TPSA) is 50.6 Å². The second kappa shape index (κ2) is 9.88. The highest BCUT2D eigenvalue weighted by atomic mass is 32.2. The van der Waals surface area contributed by atoms with Crippen molar-refractivity contribution in [2.75, 3.05) is 38.6 Å². The van der Waals surface area contributed by atoms with Crippen LogP contribution in [-0.4, -0.2) is 53.9 Å². The van der Waals surface area contributed by atoms with E-state index in [1.165, 1.54) is 0 Å². The van der Waals surface area contributed by atoms with E-state index in [0.717, 1.165) is 63.9 Å². The third-order valence-corrected chi connectivity index (χ3v) is 5.49. The third-order valence-electron chi connectivity index (χ3n) is 4.05. The molecule has 23 heavy (non-hydrogen) atoms. The normalized spacial score (nSPS) is 17.9. The lowest BCUT2D eigenvalue weighted by molar-refractivity contribution is 0.0793. The average molecular weight is 339 g/mol. The molecule has 2 N–H and O–H groups in total. The molecule has 0 aromatic carbocycles. The number of aliphatic imine (C=N–C) groups is 1.